The highest BCUT2D eigenvalue weighted by Gasteiger charge is 2.41. The predicted octanol–water partition coefficient (Wildman–Crippen LogP) is 8.61. The lowest BCUT2D eigenvalue weighted by molar-refractivity contribution is -0.110. The minimum absolute atomic E-state index is 0.403. The first-order valence-electron chi connectivity index (χ1n) is 15.1. The standard InChI is InChI=1S/C39H36N4O4/c1-39(38(26-2-6-28(40)7-3-26)27-4-8-29(41)9-5-27,46-36-22-18-34(19-23-36)44-32-14-10-30(42)11-15-32)47-37-24-20-35(21-25-37)45-33-16-12-31(43)13-17-33/h2-25,38H,40-43H2,1H3. The number of hydrogen-bond acceptors (Lipinski definition) is 8. The summed E-state index contributed by atoms with van der Waals surface area (Å²) < 4.78 is 25.6. The van der Waals surface area contributed by atoms with Gasteiger partial charge in [0.2, 0.25) is 0 Å². The van der Waals surface area contributed by atoms with Crippen molar-refractivity contribution in [1.82, 2.24) is 0 Å². The van der Waals surface area contributed by atoms with Crippen molar-refractivity contribution in [3.63, 3.8) is 0 Å². The maximum Gasteiger partial charge on any atom is 0.259 e. The molecule has 236 valence electrons. The van der Waals surface area contributed by atoms with Crippen molar-refractivity contribution in [3.05, 3.63) is 157 Å². The van der Waals surface area contributed by atoms with E-state index in [-0.39, 0.29) is 0 Å². The van der Waals surface area contributed by atoms with Crippen LogP contribution in [0.1, 0.15) is 24.0 Å². The van der Waals surface area contributed by atoms with Crippen LogP contribution in [0.25, 0.3) is 0 Å². The van der Waals surface area contributed by atoms with Gasteiger partial charge < -0.3 is 41.9 Å². The van der Waals surface area contributed by atoms with Gasteiger partial charge in [0.25, 0.3) is 5.79 Å². The molecule has 47 heavy (non-hydrogen) atoms. The molecule has 8 nitrogen and oxygen atoms in total. The Hall–Kier alpha value is -6.28. The molecule has 0 saturated carbocycles. The van der Waals surface area contributed by atoms with E-state index in [4.69, 9.17) is 41.9 Å². The number of ether oxygens (including phenoxy) is 4. The summed E-state index contributed by atoms with van der Waals surface area (Å²) >= 11 is 0. The number of nitrogen functional groups attached to an aromatic ring is 4. The van der Waals surface area contributed by atoms with E-state index in [0.717, 1.165) is 11.1 Å². The molecule has 0 unspecified atom stereocenters. The summed E-state index contributed by atoms with van der Waals surface area (Å²) in [5.41, 5.74) is 28.3. The topological polar surface area (TPSA) is 141 Å². The maximum atomic E-state index is 6.80. The Morgan fingerprint density at radius 1 is 0.362 bits per heavy atom. The van der Waals surface area contributed by atoms with Crippen LogP contribution in [-0.4, -0.2) is 5.79 Å². The Morgan fingerprint density at radius 3 is 0.894 bits per heavy atom. The zero-order chi connectivity index (χ0) is 32.8. The number of anilines is 4. The van der Waals surface area contributed by atoms with E-state index in [9.17, 15) is 0 Å². The average molecular weight is 625 g/mol. The third-order valence-electron chi connectivity index (χ3n) is 7.58. The van der Waals surface area contributed by atoms with E-state index in [0.29, 0.717) is 57.2 Å². The quantitative estimate of drug-likeness (QED) is 0.0829. The van der Waals surface area contributed by atoms with E-state index >= 15 is 0 Å². The van der Waals surface area contributed by atoms with E-state index in [1.807, 2.05) is 128 Å². The lowest BCUT2D eigenvalue weighted by Gasteiger charge is -2.38. The van der Waals surface area contributed by atoms with Gasteiger partial charge in [-0.3, -0.25) is 0 Å². The highest BCUT2D eigenvalue weighted by atomic mass is 16.7. The SMILES string of the molecule is CC(Oc1ccc(Oc2ccc(N)cc2)cc1)(Oc1ccc(Oc2ccc(N)cc2)cc1)C(c1ccc(N)cc1)c1ccc(N)cc1. The second-order valence-electron chi connectivity index (χ2n) is 11.3. The Bertz CT molecular complexity index is 1750. The molecule has 0 saturated heterocycles. The molecule has 8 N–H and O–H groups in total. The highest BCUT2D eigenvalue weighted by Crippen LogP contribution is 2.41. The lowest BCUT2D eigenvalue weighted by Crippen LogP contribution is -2.45. The summed E-state index contributed by atoms with van der Waals surface area (Å²) in [4.78, 5) is 0. The van der Waals surface area contributed by atoms with Crippen molar-refractivity contribution < 1.29 is 18.9 Å². The molecular formula is C39H36N4O4. The van der Waals surface area contributed by atoms with Gasteiger partial charge in [0, 0.05) is 29.7 Å². The molecule has 0 heterocycles. The van der Waals surface area contributed by atoms with E-state index in [2.05, 4.69) is 0 Å². The molecule has 0 aliphatic carbocycles. The molecule has 6 rings (SSSR count). The van der Waals surface area contributed by atoms with E-state index < -0.39 is 11.7 Å². The first kappa shape index (κ1) is 30.7. The number of nitrogens with two attached hydrogens (primary N) is 4. The molecule has 0 fully saturated rings. The average Bonchev–Trinajstić information content (AvgIpc) is 3.07. The molecule has 0 atom stereocenters. The van der Waals surface area contributed by atoms with Crippen LogP contribution in [0.5, 0.6) is 34.5 Å². The van der Waals surface area contributed by atoms with Crippen molar-refractivity contribution in [2.75, 3.05) is 22.9 Å². The molecule has 0 spiro atoms. The monoisotopic (exact) mass is 624 g/mol. The molecule has 0 radical (unpaired) electrons. The van der Waals surface area contributed by atoms with Crippen LogP contribution >= 0.6 is 0 Å². The number of rotatable bonds is 11. The van der Waals surface area contributed by atoms with Gasteiger partial charge in [0.1, 0.15) is 34.5 Å². The van der Waals surface area contributed by atoms with Crippen molar-refractivity contribution in [2.45, 2.75) is 18.6 Å². The molecule has 6 aromatic carbocycles. The maximum absolute atomic E-state index is 6.80. The molecule has 0 aliphatic rings. The first-order chi connectivity index (χ1) is 22.7. The Balaban J connectivity index is 1.33. The van der Waals surface area contributed by atoms with Gasteiger partial charge in [-0.15, -0.1) is 0 Å². The zero-order valence-electron chi connectivity index (χ0n) is 25.9. The van der Waals surface area contributed by atoms with Crippen molar-refractivity contribution >= 4 is 22.7 Å². The fourth-order valence-corrected chi connectivity index (χ4v) is 5.28. The largest absolute Gasteiger partial charge is 0.457 e. The van der Waals surface area contributed by atoms with Gasteiger partial charge in [-0.25, -0.2) is 0 Å². The predicted molar refractivity (Wildman–Crippen MR) is 188 cm³/mol. The van der Waals surface area contributed by atoms with Gasteiger partial charge in [0.15, 0.2) is 0 Å². The second-order valence-corrected chi connectivity index (χ2v) is 11.3. The Kier molecular flexibility index (Phi) is 8.75. The van der Waals surface area contributed by atoms with Crippen LogP contribution in [0, 0.1) is 0 Å². The summed E-state index contributed by atoms with van der Waals surface area (Å²) in [6.45, 7) is 1.92. The normalized spacial score (nSPS) is 11.2. The van der Waals surface area contributed by atoms with Crippen molar-refractivity contribution in [3.8, 4) is 34.5 Å². The summed E-state index contributed by atoms with van der Waals surface area (Å²) in [5, 5.41) is 0. The molecular weight excluding hydrogens is 588 g/mol. The first-order valence-corrected chi connectivity index (χ1v) is 15.1. The van der Waals surface area contributed by atoms with Gasteiger partial charge in [0.05, 0.1) is 5.92 Å². The smallest absolute Gasteiger partial charge is 0.259 e. The minimum atomic E-state index is -1.26. The third kappa shape index (κ3) is 7.69. The zero-order valence-corrected chi connectivity index (χ0v) is 25.9. The van der Waals surface area contributed by atoms with Crippen LogP contribution < -0.4 is 41.9 Å². The summed E-state index contributed by atoms with van der Waals surface area (Å²) in [5.74, 6) is 2.15. The van der Waals surface area contributed by atoms with Gasteiger partial charge >= 0.3 is 0 Å². The molecule has 0 aromatic heterocycles. The summed E-state index contributed by atoms with van der Waals surface area (Å²) in [6.07, 6.45) is 0. The van der Waals surface area contributed by atoms with Crippen LogP contribution in [0.2, 0.25) is 0 Å². The van der Waals surface area contributed by atoms with Crippen LogP contribution in [0.4, 0.5) is 22.7 Å². The minimum Gasteiger partial charge on any atom is -0.457 e. The number of benzene rings is 6. The summed E-state index contributed by atoms with van der Waals surface area (Å²) in [7, 11) is 0. The van der Waals surface area contributed by atoms with E-state index in [1.165, 1.54) is 0 Å². The van der Waals surface area contributed by atoms with Gasteiger partial charge in [-0.2, -0.15) is 0 Å². The van der Waals surface area contributed by atoms with Crippen molar-refractivity contribution in [1.29, 1.82) is 0 Å². The molecule has 0 bridgehead atoms. The van der Waals surface area contributed by atoms with Crippen LogP contribution in [0.15, 0.2) is 146 Å². The molecule has 6 aromatic rings. The Morgan fingerprint density at radius 2 is 0.596 bits per heavy atom. The van der Waals surface area contributed by atoms with E-state index in [1.54, 1.807) is 24.3 Å². The van der Waals surface area contributed by atoms with Gasteiger partial charge in [-0.05, 0) is 132 Å². The summed E-state index contributed by atoms with van der Waals surface area (Å²) in [6, 6.07) is 44.6. The highest BCUT2D eigenvalue weighted by molar-refractivity contribution is 5.49. The fraction of sp³-hybridized carbons (Fsp3) is 0.0769. The second kappa shape index (κ2) is 13.4. The lowest BCUT2D eigenvalue weighted by atomic mass is 9.84. The molecule has 0 aliphatic heterocycles. The third-order valence-corrected chi connectivity index (χ3v) is 7.58. The van der Waals surface area contributed by atoms with Crippen LogP contribution in [0.3, 0.4) is 0 Å². The number of hydrogen-bond donors (Lipinski definition) is 4. The molecule has 0 amide bonds. The van der Waals surface area contributed by atoms with Gasteiger partial charge in [-0.1, -0.05) is 24.3 Å². The fourth-order valence-electron chi connectivity index (χ4n) is 5.28. The van der Waals surface area contributed by atoms with Crippen molar-refractivity contribution in [2.24, 2.45) is 0 Å². The Labute approximate surface area is 274 Å². The van der Waals surface area contributed by atoms with Crippen LogP contribution in [-0.2, 0) is 0 Å². The molecule has 8 heteroatoms.